The molecule has 1 aliphatic carbocycles. The Morgan fingerprint density at radius 3 is 1.82 bits per heavy atom. The molecule has 1 fully saturated rings. The Morgan fingerprint density at radius 2 is 1.37 bits per heavy atom. The van der Waals surface area contributed by atoms with Crippen molar-refractivity contribution in [3.63, 3.8) is 0 Å². The lowest BCUT2D eigenvalue weighted by molar-refractivity contribution is -0.165. The Hall–Kier alpha value is -1.14. The number of carbonyl (C=O) groups is 2. The molecule has 2 atom stereocenters. The van der Waals surface area contributed by atoms with Crippen molar-refractivity contribution in [1.29, 1.82) is 0 Å². The van der Waals surface area contributed by atoms with Crippen LogP contribution < -0.4 is 0 Å². The van der Waals surface area contributed by atoms with Gasteiger partial charge in [-0.2, -0.15) is 0 Å². The molecule has 224 valence electrons. The summed E-state index contributed by atoms with van der Waals surface area (Å²) in [4.78, 5) is 30.7. The van der Waals surface area contributed by atoms with Crippen molar-refractivity contribution in [3.8, 4) is 0 Å². The summed E-state index contributed by atoms with van der Waals surface area (Å²) in [7, 11) is 6.15. The second kappa shape index (κ2) is 12.6. The Morgan fingerprint density at radius 1 is 0.816 bits per heavy atom. The van der Waals surface area contributed by atoms with Gasteiger partial charge in [0.15, 0.2) is 0 Å². The molecule has 0 aromatic rings. The fourth-order valence-corrected chi connectivity index (χ4v) is 5.78. The Kier molecular flexibility index (Phi) is 11.5. The van der Waals surface area contributed by atoms with Gasteiger partial charge in [-0.25, -0.2) is 0 Å². The molecule has 1 aliphatic rings. The van der Waals surface area contributed by atoms with Crippen LogP contribution >= 0.6 is 0 Å². The van der Waals surface area contributed by atoms with Crippen molar-refractivity contribution in [2.24, 2.45) is 32.5 Å². The first-order valence-electron chi connectivity index (χ1n) is 14.7. The minimum absolute atomic E-state index is 0.00111. The van der Waals surface area contributed by atoms with Gasteiger partial charge in [0.2, 0.25) is 0 Å². The number of esters is 2. The van der Waals surface area contributed by atoms with E-state index < -0.39 is 5.41 Å². The molecule has 0 radical (unpaired) electrons. The van der Waals surface area contributed by atoms with Gasteiger partial charge < -0.3 is 19.3 Å². The molecule has 0 spiro atoms. The third kappa shape index (κ3) is 9.80. The minimum atomic E-state index is -0.543. The fourth-order valence-electron chi connectivity index (χ4n) is 5.78. The first-order valence-corrected chi connectivity index (χ1v) is 14.7. The number of hydrogen-bond donors (Lipinski definition) is 0. The molecule has 2 unspecified atom stereocenters. The van der Waals surface area contributed by atoms with Gasteiger partial charge in [-0.05, 0) is 88.4 Å². The number of ether oxygens (including phenoxy) is 2. The van der Waals surface area contributed by atoms with Crippen LogP contribution in [-0.2, 0) is 19.1 Å². The summed E-state index contributed by atoms with van der Waals surface area (Å²) >= 11 is 0. The summed E-state index contributed by atoms with van der Waals surface area (Å²) in [6.45, 7) is 27.2. The Bertz CT molecular complexity index is 790. The van der Waals surface area contributed by atoms with Crippen LogP contribution in [0.3, 0.4) is 0 Å². The van der Waals surface area contributed by atoms with E-state index >= 15 is 0 Å². The average Bonchev–Trinajstić information content (AvgIpc) is 3.27. The third-order valence-corrected chi connectivity index (χ3v) is 8.93. The molecule has 1 rings (SSSR count). The lowest BCUT2D eigenvalue weighted by Gasteiger charge is -2.43. The molecule has 6 heteroatoms. The van der Waals surface area contributed by atoms with Crippen molar-refractivity contribution < 1.29 is 19.1 Å². The second-order valence-electron chi connectivity index (χ2n) is 16.3. The predicted molar refractivity (Wildman–Crippen MR) is 158 cm³/mol. The van der Waals surface area contributed by atoms with Gasteiger partial charge in [0.1, 0.15) is 6.61 Å². The van der Waals surface area contributed by atoms with Crippen molar-refractivity contribution in [2.45, 2.75) is 108 Å². The number of nitrogens with zero attached hydrogens (tertiary/aromatic N) is 2. The SMILES string of the molecule is CN(C)CCCOC(=O)C1(CC(C)(C)CCN(C)CCOC(=O)C(C)(CC(C)(C)C)C(C)(C)C)CC1(C)C. The van der Waals surface area contributed by atoms with Gasteiger partial charge >= 0.3 is 11.9 Å². The molecule has 0 saturated heterocycles. The van der Waals surface area contributed by atoms with Gasteiger partial charge in [0.25, 0.3) is 0 Å². The normalized spacial score (nSPS) is 21.4. The highest BCUT2D eigenvalue weighted by atomic mass is 16.5. The summed E-state index contributed by atoms with van der Waals surface area (Å²) in [6, 6.07) is 0. The van der Waals surface area contributed by atoms with Gasteiger partial charge in [-0.15, -0.1) is 0 Å². The zero-order valence-corrected chi connectivity index (χ0v) is 27.6. The van der Waals surface area contributed by atoms with Crippen LogP contribution in [0.4, 0.5) is 0 Å². The number of rotatable bonds is 15. The molecule has 0 aliphatic heterocycles. The van der Waals surface area contributed by atoms with Crippen LogP contribution in [0.15, 0.2) is 0 Å². The van der Waals surface area contributed by atoms with Crippen molar-refractivity contribution in [3.05, 3.63) is 0 Å². The van der Waals surface area contributed by atoms with Gasteiger partial charge in [0, 0.05) is 13.1 Å². The summed E-state index contributed by atoms with van der Waals surface area (Å²) in [5, 5.41) is 0. The zero-order chi connectivity index (χ0) is 29.8. The Labute approximate surface area is 235 Å². The van der Waals surface area contributed by atoms with Crippen LogP contribution in [-0.4, -0.2) is 75.7 Å². The van der Waals surface area contributed by atoms with E-state index in [0.717, 1.165) is 45.2 Å². The van der Waals surface area contributed by atoms with Gasteiger partial charge in [0.05, 0.1) is 17.4 Å². The highest BCUT2D eigenvalue weighted by Crippen LogP contribution is 2.68. The molecular formula is C32H62N2O4. The van der Waals surface area contributed by atoms with E-state index in [1.54, 1.807) is 0 Å². The maximum absolute atomic E-state index is 13.2. The van der Waals surface area contributed by atoms with E-state index in [0.29, 0.717) is 19.8 Å². The molecule has 6 nitrogen and oxygen atoms in total. The van der Waals surface area contributed by atoms with Gasteiger partial charge in [-0.1, -0.05) is 69.2 Å². The monoisotopic (exact) mass is 538 g/mol. The maximum atomic E-state index is 13.2. The van der Waals surface area contributed by atoms with E-state index in [1.807, 2.05) is 14.1 Å². The first kappa shape index (κ1) is 34.9. The van der Waals surface area contributed by atoms with Crippen molar-refractivity contribution >= 4 is 11.9 Å². The van der Waals surface area contributed by atoms with Crippen LogP contribution in [0.25, 0.3) is 0 Å². The summed E-state index contributed by atoms with van der Waals surface area (Å²) in [6.07, 6.45) is 4.33. The van der Waals surface area contributed by atoms with E-state index in [4.69, 9.17) is 9.47 Å². The predicted octanol–water partition coefficient (Wildman–Crippen LogP) is 6.67. The molecule has 0 aromatic heterocycles. The number of likely N-dealkylation sites (N-methyl/N-ethyl adjacent to an activating group) is 1. The molecule has 38 heavy (non-hydrogen) atoms. The standard InChI is InChI=1S/C32H62N2O4/c1-27(2,3)22-31(11,28(4,5)6)25(35)38-21-19-34(14)18-16-29(7,8)23-32(24-30(32,9)10)26(36)37-20-15-17-33(12)13/h15-24H2,1-14H3. The molecule has 0 heterocycles. The van der Waals surface area contributed by atoms with Crippen molar-refractivity contribution in [2.75, 3.05) is 54.0 Å². The highest BCUT2D eigenvalue weighted by molar-refractivity contribution is 5.82. The second-order valence-corrected chi connectivity index (χ2v) is 16.3. The molecule has 1 saturated carbocycles. The Balaban J connectivity index is 2.62. The first-order chi connectivity index (χ1) is 17.0. The lowest BCUT2D eigenvalue weighted by Crippen LogP contribution is -2.45. The third-order valence-electron chi connectivity index (χ3n) is 8.93. The largest absolute Gasteiger partial charge is 0.465 e. The number of carbonyl (C=O) groups excluding carboxylic acids is 2. The topological polar surface area (TPSA) is 59.1 Å². The lowest BCUT2D eigenvalue weighted by atomic mass is 9.61. The van der Waals surface area contributed by atoms with E-state index in [9.17, 15) is 9.59 Å². The van der Waals surface area contributed by atoms with Crippen LogP contribution in [0.5, 0.6) is 0 Å². The van der Waals surface area contributed by atoms with E-state index in [2.05, 4.69) is 93.0 Å². The molecule has 0 bridgehead atoms. The van der Waals surface area contributed by atoms with Gasteiger partial charge in [-0.3, -0.25) is 9.59 Å². The van der Waals surface area contributed by atoms with Crippen LogP contribution in [0, 0.1) is 32.5 Å². The zero-order valence-electron chi connectivity index (χ0n) is 27.6. The fraction of sp³-hybridized carbons (Fsp3) is 0.938. The smallest absolute Gasteiger partial charge is 0.312 e. The minimum Gasteiger partial charge on any atom is -0.465 e. The molecule has 0 amide bonds. The highest BCUT2D eigenvalue weighted by Gasteiger charge is 2.68. The number of hydrogen-bond acceptors (Lipinski definition) is 6. The molecule has 0 N–H and O–H groups in total. The van der Waals surface area contributed by atoms with E-state index in [1.165, 1.54) is 0 Å². The summed E-state index contributed by atoms with van der Waals surface area (Å²) < 4.78 is 11.6. The maximum Gasteiger partial charge on any atom is 0.312 e. The van der Waals surface area contributed by atoms with Crippen LogP contribution in [0.2, 0.25) is 0 Å². The molecule has 0 aromatic carbocycles. The van der Waals surface area contributed by atoms with E-state index in [-0.39, 0.29) is 39.0 Å². The summed E-state index contributed by atoms with van der Waals surface area (Å²) in [5.41, 5.74) is -1.09. The van der Waals surface area contributed by atoms with Crippen LogP contribution in [0.1, 0.15) is 108 Å². The average molecular weight is 539 g/mol. The summed E-state index contributed by atoms with van der Waals surface area (Å²) in [5.74, 6) is -0.123. The van der Waals surface area contributed by atoms with Crippen molar-refractivity contribution in [1.82, 2.24) is 9.80 Å². The molecular weight excluding hydrogens is 476 g/mol. The quantitative estimate of drug-likeness (QED) is 0.171.